The van der Waals surface area contributed by atoms with Gasteiger partial charge in [0.25, 0.3) is 0 Å². The smallest absolute Gasteiger partial charge is 0.411 e. The number of carbonyl (C=O) groups is 1. The second-order valence-corrected chi connectivity index (χ2v) is 4.70. The molecule has 106 valence electrons. The molecular weight excluding hydrogens is 251 g/mol. The molecule has 18 heavy (non-hydrogen) atoms. The maximum absolute atomic E-state index is 11.8. The summed E-state index contributed by atoms with van der Waals surface area (Å²) in [7, 11) is 0. The van der Waals surface area contributed by atoms with E-state index >= 15 is 0 Å². The fourth-order valence-electron chi connectivity index (χ4n) is 2.15. The van der Waals surface area contributed by atoms with E-state index in [4.69, 9.17) is 5.11 Å². The number of hydrogen-bond donors (Lipinski definition) is 1. The SMILES string of the molecule is CC1CN(CCCOCC(F)(F)F)CC1C(=O)O. The lowest BCUT2D eigenvalue weighted by Crippen LogP contribution is -2.25. The molecule has 1 N–H and O–H groups in total. The average Bonchev–Trinajstić information content (AvgIpc) is 2.57. The Kier molecular flexibility index (Phi) is 5.40. The molecule has 1 saturated heterocycles. The average molecular weight is 269 g/mol. The van der Waals surface area contributed by atoms with Crippen molar-refractivity contribution >= 4 is 5.97 Å². The first kappa shape index (κ1) is 15.2. The van der Waals surface area contributed by atoms with Crippen LogP contribution in [0.2, 0.25) is 0 Å². The number of likely N-dealkylation sites (tertiary alicyclic amines) is 1. The fourth-order valence-corrected chi connectivity index (χ4v) is 2.15. The Balaban J connectivity index is 2.13. The number of rotatable bonds is 6. The predicted molar refractivity (Wildman–Crippen MR) is 58.2 cm³/mol. The summed E-state index contributed by atoms with van der Waals surface area (Å²) in [5, 5.41) is 8.92. The van der Waals surface area contributed by atoms with Crippen molar-refractivity contribution in [3.05, 3.63) is 0 Å². The van der Waals surface area contributed by atoms with Gasteiger partial charge >= 0.3 is 12.1 Å². The minimum absolute atomic E-state index is 0.0438. The summed E-state index contributed by atoms with van der Waals surface area (Å²) in [5.41, 5.74) is 0. The Bertz CT molecular complexity index is 283. The van der Waals surface area contributed by atoms with Crippen molar-refractivity contribution in [2.75, 3.05) is 32.8 Å². The van der Waals surface area contributed by atoms with Gasteiger partial charge in [0.05, 0.1) is 5.92 Å². The first-order valence-electron chi connectivity index (χ1n) is 5.89. The third-order valence-corrected chi connectivity index (χ3v) is 3.03. The van der Waals surface area contributed by atoms with Crippen molar-refractivity contribution in [2.45, 2.75) is 19.5 Å². The third kappa shape index (κ3) is 5.22. The topological polar surface area (TPSA) is 49.8 Å². The molecule has 0 aliphatic carbocycles. The lowest BCUT2D eigenvalue weighted by molar-refractivity contribution is -0.174. The van der Waals surface area contributed by atoms with Gasteiger partial charge in [0.1, 0.15) is 6.61 Å². The number of halogens is 3. The lowest BCUT2D eigenvalue weighted by Gasteiger charge is -2.15. The maximum atomic E-state index is 11.8. The largest absolute Gasteiger partial charge is 0.481 e. The fraction of sp³-hybridized carbons (Fsp3) is 0.909. The molecule has 0 aromatic heterocycles. The van der Waals surface area contributed by atoms with Crippen LogP contribution in [0.1, 0.15) is 13.3 Å². The highest BCUT2D eigenvalue weighted by Gasteiger charge is 2.34. The summed E-state index contributed by atoms with van der Waals surface area (Å²) >= 11 is 0. The number of carboxylic acids is 1. The van der Waals surface area contributed by atoms with Crippen molar-refractivity contribution in [1.29, 1.82) is 0 Å². The van der Waals surface area contributed by atoms with E-state index < -0.39 is 18.8 Å². The van der Waals surface area contributed by atoms with Gasteiger partial charge in [-0.1, -0.05) is 6.92 Å². The van der Waals surface area contributed by atoms with Crippen LogP contribution in [0.3, 0.4) is 0 Å². The Morgan fingerprint density at radius 1 is 1.44 bits per heavy atom. The second kappa shape index (κ2) is 6.38. The van der Waals surface area contributed by atoms with Gasteiger partial charge in [-0.2, -0.15) is 13.2 Å². The van der Waals surface area contributed by atoms with Crippen LogP contribution < -0.4 is 0 Å². The van der Waals surface area contributed by atoms with Gasteiger partial charge < -0.3 is 14.7 Å². The monoisotopic (exact) mass is 269 g/mol. The molecule has 0 radical (unpaired) electrons. The summed E-state index contributed by atoms with van der Waals surface area (Å²) in [4.78, 5) is 12.8. The minimum atomic E-state index is -4.28. The highest BCUT2D eigenvalue weighted by molar-refractivity contribution is 5.71. The number of hydrogen-bond acceptors (Lipinski definition) is 3. The second-order valence-electron chi connectivity index (χ2n) is 4.70. The molecule has 0 saturated carbocycles. The molecule has 0 amide bonds. The van der Waals surface area contributed by atoms with Crippen LogP contribution in [-0.2, 0) is 9.53 Å². The quantitative estimate of drug-likeness (QED) is 0.744. The van der Waals surface area contributed by atoms with E-state index in [2.05, 4.69) is 4.74 Å². The van der Waals surface area contributed by atoms with Crippen LogP contribution in [0.4, 0.5) is 13.2 Å². The van der Waals surface area contributed by atoms with Crippen LogP contribution in [0, 0.1) is 11.8 Å². The zero-order chi connectivity index (χ0) is 13.8. The molecule has 2 unspecified atom stereocenters. The zero-order valence-corrected chi connectivity index (χ0v) is 10.2. The molecule has 1 rings (SSSR count). The molecular formula is C11H18F3NO3. The van der Waals surface area contributed by atoms with Gasteiger partial charge in [-0.05, 0) is 12.3 Å². The Morgan fingerprint density at radius 3 is 2.61 bits per heavy atom. The molecule has 0 spiro atoms. The van der Waals surface area contributed by atoms with E-state index in [9.17, 15) is 18.0 Å². The summed E-state index contributed by atoms with van der Waals surface area (Å²) in [6.07, 6.45) is -3.80. The molecule has 1 aliphatic rings. The van der Waals surface area contributed by atoms with Crippen LogP contribution >= 0.6 is 0 Å². The van der Waals surface area contributed by atoms with Crippen LogP contribution in [0.5, 0.6) is 0 Å². The normalized spacial score (nSPS) is 25.6. The van der Waals surface area contributed by atoms with E-state index in [1.54, 1.807) is 0 Å². The van der Waals surface area contributed by atoms with Crippen LogP contribution in [0.15, 0.2) is 0 Å². The first-order chi connectivity index (χ1) is 8.29. The third-order valence-electron chi connectivity index (χ3n) is 3.03. The minimum Gasteiger partial charge on any atom is -0.481 e. The molecule has 0 aromatic rings. The van der Waals surface area contributed by atoms with Gasteiger partial charge in [0, 0.05) is 26.2 Å². The number of ether oxygens (including phenoxy) is 1. The molecule has 1 heterocycles. The van der Waals surface area contributed by atoms with Crippen LogP contribution in [-0.4, -0.2) is 55.0 Å². The Hall–Kier alpha value is -0.820. The summed E-state index contributed by atoms with van der Waals surface area (Å²) in [5.74, 6) is -1.10. The van der Waals surface area contributed by atoms with Crippen molar-refractivity contribution in [3.8, 4) is 0 Å². The van der Waals surface area contributed by atoms with Gasteiger partial charge in [0.15, 0.2) is 0 Å². The van der Waals surface area contributed by atoms with Gasteiger partial charge in [-0.3, -0.25) is 4.79 Å². The highest BCUT2D eigenvalue weighted by atomic mass is 19.4. The molecule has 0 bridgehead atoms. The summed E-state index contributed by atoms with van der Waals surface area (Å²) < 4.78 is 39.8. The van der Waals surface area contributed by atoms with Crippen molar-refractivity contribution in [2.24, 2.45) is 11.8 Å². The molecule has 1 fully saturated rings. The molecule has 7 heteroatoms. The Morgan fingerprint density at radius 2 is 2.11 bits per heavy atom. The molecule has 1 aliphatic heterocycles. The van der Waals surface area contributed by atoms with Crippen molar-refractivity contribution in [3.63, 3.8) is 0 Å². The highest BCUT2D eigenvalue weighted by Crippen LogP contribution is 2.23. The van der Waals surface area contributed by atoms with E-state index in [0.717, 1.165) is 0 Å². The number of aliphatic carboxylic acids is 1. The zero-order valence-electron chi connectivity index (χ0n) is 10.2. The van der Waals surface area contributed by atoms with Gasteiger partial charge in [-0.25, -0.2) is 0 Å². The maximum Gasteiger partial charge on any atom is 0.411 e. The first-order valence-corrected chi connectivity index (χ1v) is 5.89. The molecule has 2 atom stereocenters. The van der Waals surface area contributed by atoms with E-state index in [0.29, 0.717) is 26.1 Å². The standard InChI is InChI=1S/C11H18F3NO3/c1-8-5-15(6-9(8)10(16)17)3-2-4-18-7-11(12,13)14/h8-9H,2-7H2,1H3,(H,16,17). The van der Waals surface area contributed by atoms with Crippen molar-refractivity contribution in [1.82, 2.24) is 4.90 Å². The molecule has 4 nitrogen and oxygen atoms in total. The summed E-state index contributed by atoms with van der Waals surface area (Å²) in [6, 6.07) is 0. The van der Waals surface area contributed by atoms with E-state index in [1.807, 2.05) is 11.8 Å². The van der Waals surface area contributed by atoms with Gasteiger partial charge in [-0.15, -0.1) is 0 Å². The summed E-state index contributed by atoms with van der Waals surface area (Å²) in [6.45, 7) is 2.42. The predicted octanol–water partition coefficient (Wildman–Crippen LogP) is 1.61. The number of carboxylic acid groups (broad SMARTS) is 1. The van der Waals surface area contributed by atoms with Crippen molar-refractivity contribution < 1.29 is 27.8 Å². The lowest BCUT2D eigenvalue weighted by atomic mass is 9.99. The van der Waals surface area contributed by atoms with E-state index in [-0.39, 0.29) is 18.4 Å². The van der Waals surface area contributed by atoms with E-state index in [1.165, 1.54) is 0 Å². The number of alkyl halides is 3. The Labute approximate surface area is 104 Å². The van der Waals surface area contributed by atoms with Gasteiger partial charge in [0.2, 0.25) is 0 Å². The number of nitrogens with zero attached hydrogens (tertiary/aromatic N) is 1. The van der Waals surface area contributed by atoms with Crippen LogP contribution in [0.25, 0.3) is 0 Å². The molecule has 0 aromatic carbocycles.